The van der Waals surface area contributed by atoms with Crippen LogP contribution in [0, 0.1) is 0 Å². The molecule has 0 bridgehead atoms. The van der Waals surface area contributed by atoms with Crippen LogP contribution in [-0.4, -0.2) is 40.1 Å². The van der Waals surface area contributed by atoms with Gasteiger partial charge in [-0.25, -0.2) is 0 Å². The molecule has 27 heavy (non-hydrogen) atoms. The Morgan fingerprint density at radius 1 is 0.926 bits per heavy atom. The zero-order valence-electron chi connectivity index (χ0n) is 16.5. The summed E-state index contributed by atoms with van der Waals surface area (Å²) in [4.78, 5) is 15.2. The smallest absolute Gasteiger partial charge is 0.224 e. The number of nitrogens with one attached hydrogen (secondary N) is 1. The quantitative estimate of drug-likeness (QED) is 0.847. The molecule has 1 heterocycles. The maximum Gasteiger partial charge on any atom is 0.224 e. The Balaban J connectivity index is 1.57. The highest BCUT2D eigenvalue weighted by molar-refractivity contribution is 5.78. The Bertz CT molecular complexity index is 633. The second kappa shape index (κ2) is 7.92. The summed E-state index contributed by atoms with van der Waals surface area (Å²) in [6, 6.07) is 9.75. The maximum atomic E-state index is 13.3. The van der Waals surface area contributed by atoms with Crippen LogP contribution in [0.3, 0.4) is 0 Å². The highest BCUT2D eigenvalue weighted by Crippen LogP contribution is 2.40. The van der Waals surface area contributed by atoms with E-state index in [1.165, 1.54) is 38.5 Å². The van der Waals surface area contributed by atoms with E-state index in [0.29, 0.717) is 13.0 Å². The number of amides is 1. The van der Waals surface area contributed by atoms with Gasteiger partial charge in [-0.05, 0) is 31.2 Å². The lowest BCUT2D eigenvalue weighted by Crippen LogP contribution is -2.61. The van der Waals surface area contributed by atoms with E-state index in [0.717, 1.165) is 37.8 Å². The van der Waals surface area contributed by atoms with E-state index in [4.69, 9.17) is 0 Å². The lowest BCUT2D eigenvalue weighted by molar-refractivity contribution is -0.133. The Hall–Kier alpha value is -1.39. The van der Waals surface area contributed by atoms with Crippen molar-refractivity contribution in [2.24, 2.45) is 0 Å². The van der Waals surface area contributed by atoms with Gasteiger partial charge in [0.25, 0.3) is 0 Å². The standard InChI is InChI=1S/C23H34N2O2/c26-20(19-10-4-1-5-11-19)17-25-18-23(14-8-3-9-15-23)24-22(16-21(25)27)12-6-2-7-13-22/h1,4-5,10-11,20,24,26H,2-3,6-9,12-18H2. The normalized spacial score (nSPS) is 26.1. The minimum atomic E-state index is -0.615. The van der Waals surface area contributed by atoms with Crippen molar-refractivity contribution in [1.29, 1.82) is 0 Å². The van der Waals surface area contributed by atoms with E-state index in [1.54, 1.807) is 0 Å². The molecule has 1 unspecified atom stereocenters. The molecule has 4 heteroatoms. The molecule has 1 aromatic rings. The van der Waals surface area contributed by atoms with E-state index >= 15 is 0 Å². The SMILES string of the molecule is O=C1CC2(CCCCC2)NC2(CCCCC2)CN1CC(O)c1ccccc1. The van der Waals surface area contributed by atoms with E-state index in [1.807, 2.05) is 35.2 Å². The fraction of sp³-hybridized carbons (Fsp3) is 0.696. The Morgan fingerprint density at radius 2 is 1.52 bits per heavy atom. The van der Waals surface area contributed by atoms with Gasteiger partial charge in [-0.2, -0.15) is 0 Å². The second-order valence-corrected chi connectivity index (χ2v) is 9.18. The van der Waals surface area contributed by atoms with Gasteiger partial charge in [0, 0.05) is 24.0 Å². The highest BCUT2D eigenvalue weighted by Gasteiger charge is 2.47. The Morgan fingerprint density at radius 3 is 2.15 bits per heavy atom. The van der Waals surface area contributed by atoms with E-state index in [9.17, 15) is 9.90 Å². The van der Waals surface area contributed by atoms with Crippen LogP contribution in [0.4, 0.5) is 0 Å². The molecule has 3 aliphatic rings. The summed E-state index contributed by atoms with van der Waals surface area (Å²) in [5.41, 5.74) is 0.921. The van der Waals surface area contributed by atoms with Crippen molar-refractivity contribution in [3.8, 4) is 0 Å². The molecule has 1 aromatic carbocycles. The molecular weight excluding hydrogens is 336 g/mol. The molecule has 1 atom stereocenters. The first-order valence-corrected chi connectivity index (χ1v) is 10.9. The summed E-state index contributed by atoms with van der Waals surface area (Å²) in [5, 5.41) is 14.8. The molecule has 1 amide bonds. The lowest BCUT2D eigenvalue weighted by atomic mass is 9.74. The first-order chi connectivity index (χ1) is 13.1. The summed E-state index contributed by atoms with van der Waals surface area (Å²) in [6.07, 6.45) is 12.1. The number of hydrogen-bond donors (Lipinski definition) is 2. The number of carbonyl (C=O) groups is 1. The van der Waals surface area contributed by atoms with Crippen molar-refractivity contribution < 1.29 is 9.90 Å². The molecule has 0 radical (unpaired) electrons. The van der Waals surface area contributed by atoms with Crippen LogP contribution < -0.4 is 5.32 Å². The third-order valence-corrected chi connectivity index (χ3v) is 7.07. The third kappa shape index (κ3) is 4.22. The fourth-order valence-corrected chi connectivity index (χ4v) is 5.70. The number of hydrogen-bond acceptors (Lipinski definition) is 3. The molecule has 1 saturated heterocycles. The molecule has 2 aliphatic carbocycles. The topological polar surface area (TPSA) is 52.6 Å². The van der Waals surface area contributed by atoms with Crippen LogP contribution >= 0.6 is 0 Å². The zero-order chi connectivity index (χ0) is 18.7. The fourth-order valence-electron chi connectivity index (χ4n) is 5.70. The van der Waals surface area contributed by atoms with Crippen LogP contribution in [0.25, 0.3) is 0 Å². The average molecular weight is 371 g/mol. The van der Waals surface area contributed by atoms with E-state index in [-0.39, 0.29) is 17.0 Å². The van der Waals surface area contributed by atoms with Gasteiger partial charge in [0.15, 0.2) is 0 Å². The predicted octanol–water partition coefficient (Wildman–Crippen LogP) is 3.95. The van der Waals surface area contributed by atoms with Gasteiger partial charge in [0.05, 0.1) is 12.6 Å². The molecule has 148 valence electrons. The van der Waals surface area contributed by atoms with Gasteiger partial charge in [-0.3, -0.25) is 4.79 Å². The Kier molecular flexibility index (Phi) is 5.56. The van der Waals surface area contributed by atoms with Crippen LogP contribution in [0.5, 0.6) is 0 Å². The van der Waals surface area contributed by atoms with Crippen molar-refractivity contribution in [2.45, 2.75) is 87.8 Å². The predicted molar refractivity (Wildman–Crippen MR) is 107 cm³/mol. The van der Waals surface area contributed by atoms with Gasteiger partial charge in [0.2, 0.25) is 5.91 Å². The van der Waals surface area contributed by atoms with Crippen molar-refractivity contribution in [2.75, 3.05) is 13.1 Å². The van der Waals surface area contributed by atoms with Gasteiger partial charge >= 0.3 is 0 Å². The minimum absolute atomic E-state index is 0.0148. The monoisotopic (exact) mass is 370 g/mol. The number of benzene rings is 1. The first kappa shape index (κ1) is 18.9. The number of rotatable bonds is 3. The van der Waals surface area contributed by atoms with Crippen molar-refractivity contribution in [3.63, 3.8) is 0 Å². The highest BCUT2D eigenvalue weighted by atomic mass is 16.3. The lowest BCUT2D eigenvalue weighted by Gasteiger charge is -2.47. The summed E-state index contributed by atoms with van der Waals surface area (Å²) < 4.78 is 0. The molecule has 1 aliphatic heterocycles. The summed E-state index contributed by atoms with van der Waals surface area (Å²) in [6.45, 7) is 1.15. The number of aliphatic hydroxyl groups is 1. The minimum Gasteiger partial charge on any atom is -0.387 e. The molecule has 2 spiro atoms. The molecule has 3 fully saturated rings. The van der Waals surface area contributed by atoms with Crippen LogP contribution in [0.1, 0.15) is 82.3 Å². The van der Waals surface area contributed by atoms with Crippen LogP contribution in [-0.2, 0) is 4.79 Å². The van der Waals surface area contributed by atoms with Gasteiger partial charge in [-0.1, -0.05) is 68.9 Å². The number of nitrogens with zero attached hydrogens (tertiary/aromatic N) is 1. The number of carbonyl (C=O) groups excluding carboxylic acids is 1. The molecule has 0 aromatic heterocycles. The molecule has 4 rings (SSSR count). The van der Waals surface area contributed by atoms with Crippen molar-refractivity contribution in [3.05, 3.63) is 35.9 Å². The summed E-state index contributed by atoms with van der Waals surface area (Å²) in [5.74, 6) is 0.224. The molecule has 2 N–H and O–H groups in total. The maximum absolute atomic E-state index is 13.3. The van der Waals surface area contributed by atoms with Crippen molar-refractivity contribution in [1.82, 2.24) is 10.2 Å². The largest absolute Gasteiger partial charge is 0.387 e. The zero-order valence-corrected chi connectivity index (χ0v) is 16.5. The molecule has 4 nitrogen and oxygen atoms in total. The summed E-state index contributed by atoms with van der Waals surface area (Å²) in [7, 11) is 0. The average Bonchev–Trinajstić information content (AvgIpc) is 2.78. The number of β-amino-alcohol motifs (C(OH)–C–C–N with tert-alkyl or cyclic N) is 1. The molecular formula is C23H34N2O2. The van der Waals surface area contributed by atoms with Crippen LogP contribution in [0.15, 0.2) is 30.3 Å². The van der Waals surface area contributed by atoms with Gasteiger partial charge in [0.1, 0.15) is 0 Å². The van der Waals surface area contributed by atoms with E-state index < -0.39 is 6.10 Å². The summed E-state index contributed by atoms with van der Waals surface area (Å²) >= 11 is 0. The first-order valence-electron chi connectivity index (χ1n) is 10.9. The van der Waals surface area contributed by atoms with Gasteiger partial charge in [-0.15, -0.1) is 0 Å². The van der Waals surface area contributed by atoms with E-state index in [2.05, 4.69) is 5.32 Å². The van der Waals surface area contributed by atoms with Gasteiger partial charge < -0.3 is 15.3 Å². The third-order valence-electron chi connectivity index (χ3n) is 7.07. The Labute approximate surface area is 163 Å². The molecule has 2 saturated carbocycles. The number of aliphatic hydroxyl groups excluding tert-OH is 1. The second-order valence-electron chi connectivity index (χ2n) is 9.18. The van der Waals surface area contributed by atoms with Crippen LogP contribution in [0.2, 0.25) is 0 Å². The van der Waals surface area contributed by atoms with Crippen molar-refractivity contribution >= 4 is 5.91 Å².